The Kier molecular flexibility index (Phi) is 5.64. The molecule has 0 saturated heterocycles. The molecule has 1 heterocycles. The Morgan fingerprint density at radius 3 is 2.58 bits per heavy atom. The Morgan fingerprint density at radius 2 is 1.92 bits per heavy atom. The average molecular weight is 407 g/mol. The van der Waals surface area contributed by atoms with Crippen molar-refractivity contribution in [2.75, 3.05) is 12.0 Å². The van der Waals surface area contributed by atoms with Gasteiger partial charge in [0.2, 0.25) is 0 Å². The molecule has 3 rings (SSSR count). The smallest absolute Gasteiger partial charge is 0.263 e. The number of carbonyl (C=O) groups excluding carboxylic acids is 1. The van der Waals surface area contributed by atoms with E-state index in [1.807, 2.05) is 29.9 Å². The fourth-order valence-corrected chi connectivity index (χ4v) is 5.38. The summed E-state index contributed by atoms with van der Waals surface area (Å²) in [5, 5.41) is 0. The lowest BCUT2D eigenvalue weighted by Crippen LogP contribution is -2.20. The number of benzene rings is 2. The lowest BCUT2D eigenvalue weighted by molar-refractivity contribution is -0.115. The molecule has 0 atom stereocenters. The number of thiazole rings is 1. The molecule has 0 aliphatic rings. The average Bonchev–Trinajstić information content (AvgIpc) is 2.97. The van der Waals surface area contributed by atoms with E-state index in [0.717, 1.165) is 15.1 Å². The quantitative estimate of drug-likeness (QED) is 0.610. The molecule has 0 aliphatic carbocycles. The number of thioether (sulfide) groups is 1. The number of sulfone groups is 1. The van der Waals surface area contributed by atoms with Crippen LogP contribution >= 0.6 is 23.1 Å². The second-order valence-electron chi connectivity index (χ2n) is 5.54. The van der Waals surface area contributed by atoms with Gasteiger partial charge in [-0.2, -0.15) is 4.99 Å². The van der Waals surface area contributed by atoms with Crippen molar-refractivity contribution in [1.82, 2.24) is 4.57 Å². The van der Waals surface area contributed by atoms with E-state index in [-0.39, 0.29) is 4.90 Å². The predicted molar refractivity (Wildman–Crippen MR) is 106 cm³/mol. The van der Waals surface area contributed by atoms with Crippen LogP contribution in [0.25, 0.3) is 10.2 Å². The van der Waals surface area contributed by atoms with E-state index in [2.05, 4.69) is 11.1 Å². The second-order valence-corrected chi connectivity index (χ2v) is 9.42. The van der Waals surface area contributed by atoms with Crippen molar-refractivity contribution in [3.8, 4) is 0 Å². The number of amides is 1. The minimum absolute atomic E-state index is 0.132. The maximum atomic E-state index is 12.4. The van der Waals surface area contributed by atoms with E-state index in [9.17, 15) is 13.2 Å². The maximum absolute atomic E-state index is 12.4. The number of aromatic nitrogens is 1. The molecule has 1 amide bonds. The van der Waals surface area contributed by atoms with Gasteiger partial charge in [0.25, 0.3) is 5.91 Å². The zero-order valence-electron chi connectivity index (χ0n) is 14.4. The molecule has 0 bridgehead atoms. The molecule has 8 heteroatoms. The summed E-state index contributed by atoms with van der Waals surface area (Å²) in [4.78, 5) is 18.2. The topological polar surface area (TPSA) is 68.5 Å². The molecule has 5 nitrogen and oxygen atoms in total. The summed E-state index contributed by atoms with van der Waals surface area (Å²) >= 11 is 3.04. The molecule has 0 saturated carbocycles. The van der Waals surface area contributed by atoms with Crippen LogP contribution in [0.4, 0.5) is 0 Å². The van der Waals surface area contributed by atoms with Crippen LogP contribution in [0.1, 0.15) is 6.92 Å². The van der Waals surface area contributed by atoms with Crippen LogP contribution in [-0.4, -0.2) is 30.9 Å². The highest BCUT2D eigenvalue weighted by Gasteiger charge is 2.19. The Morgan fingerprint density at radius 1 is 1.19 bits per heavy atom. The van der Waals surface area contributed by atoms with Crippen LogP contribution in [-0.2, 0) is 21.2 Å². The van der Waals surface area contributed by atoms with Crippen molar-refractivity contribution >= 4 is 49.1 Å². The lowest BCUT2D eigenvalue weighted by Gasteiger charge is -2.02. The van der Waals surface area contributed by atoms with Crippen LogP contribution in [0.2, 0.25) is 0 Å². The number of fused-ring (bicyclic) bond motifs is 1. The molecule has 0 N–H and O–H groups in total. The van der Waals surface area contributed by atoms with Crippen molar-refractivity contribution in [2.24, 2.45) is 4.99 Å². The molecule has 1 aromatic heterocycles. The summed E-state index contributed by atoms with van der Waals surface area (Å²) in [7, 11) is -3.69. The first-order valence-electron chi connectivity index (χ1n) is 7.97. The molecule has 3 aromatic rings. The lowest BCUT2D eigenvalue weighted by atomic mass is 10.3. The molecular formula is C18H18N2O3S3. The Labute approximate surface area is 160 Å². The minimum atomic E-state index is -3.69. The van der Waals surface area contributed by atoms with Crippen molar-refractivity contribution in [3.63, 3.8) is 0 Å². The normalized spacial score (nSPS) is 12.6. The number of hydrogen-bond donors (Lipinski definition) is 0. The van der Waals surface area contributed by atoms with Crippen molar-refractivity contribution < 1.29 is 13.2 Å². The molecule has 0 fully saturated rings. The van der Waals surface area contributed by atoms with E-state index in [1.165, 1.54) is 23.5 Å². The van der Waals surface area contributed by atoms with Gasteiger partial charge in [-0.05, 0) is 43.5 Å². The van der Waals surface area contributed by atoms with Crippen LogP contribution in [0.15, 0.2) is 63.3 Å². The second kappa shape index (κ2) is 7.77. The number of carbonyl (C=O) groups is 1. The molecule has 0 spiro atoms. The first-order chi connectivity index (χ1) is 12.4. The van der Waals surface area contributed by atoms with Gasteiger partial charge in [-0.25, -0.2) is 8.42 Å². The molecule has 0 unspecified atom stereocenters. The number of aryl methyl sites for hydroxylation is 1. The summed E-state index contributed by atoms with van der Waals surface area (Å²) < 4.78 is 27.7. The fraction of sp³-hybridized carbons (Fsp3) is 0.222. The highest BCUT2D eigenvalue weighted by Crippen LogP contribution is 2.24. The summed E-state index contributed by atoms with van der Waals surface area (Å²) in [6, 6.07) is 14.1. The highest BCUT2D eigenvalue weighted by molar-refractivity contribution is 7.98. The minimum Gasteiger partial charge on any atom is -0.317 e. The van der Waals surface area contributed by atoms with E-state index in [4.69, 9.17) is 0 Å². The van der Waals surface area contributed by atoms with Crippen LogP contribution < -0.4 is 4.80 Å². The standard InChI is InChI=1S/C18H18N2O3S3/c1-3-20-15-10-9-13(24-2)11-16(15)25-18(20)19-17(21)12-26(22,23)14-7-5-4-6-8-14/h4-11H,3,12H2,1-2H3. The Hall–Kier alpha value is -1.90. The van der Waals surface area contributed by atoms with E-state index < -0.39 is 21.5 Å². The van der Waals surface area contributed by atoms with E-state index in [0.29, 0.717) is 11.3 Å². The van der Waals surface area contributed by atoms with Gasteiger partial charge < -0.3 is 4.57 Å². The molecular weight excluding hydrogens is 388 g/mol. The van der Waals surface area contributed by atoms with Crippen molar-refractivity contribution in [2.45, 2.75) is 23.3 Å². The van der Waals surface area contributed by atoms with Gasteiger partial charge in [-0.1, -0.05) is 29.5 Å². The molecule has 0 aliphatic heterocycles. The largest absolute Gasteiger partial charge is 0.317 e. The van der Waals surface area contributed by atoms with Gasteiger partial charge in [0.15, 0.2) is 14.6 Å². The monoisotopic (exact) mass is 406 g/mol. The highest BCUT2D eigenvalue weighted by atomic mass is 32.2. The Balaban J connectivity index is 1.98. The van der Waals surface area contributed by atoms with Crippen LogP contribution in [0.5, 0.6) is 0 Å². The van der Waals surface area contributed by atoms with E-state index >= 15 is 0 Å². The predicted octanol–water partition coefficient (Wildman–Crippen LogP) is 3.35. The van der Waals surface area contributed by atoms with Gasteiger partial charge in [0.1, 0.15) is 5.75 Å². The number of rotatable bonds is 5. The zero-order chi connectivity index (χ0) is 18.7. The third-order valence-corrected chi connectivity index (χ3v) is 7.23. The summed E-state index contributed by atoms with van der Waals surface area (Å²) in [5.41, 5.74) is 0.993. The SMILES string of the molecule is CCn1c(=NC(=O)CS(=O)(=O)c2ccccc2)sc2cc(SC)ccc21. The van der Waals surface area contributed by atoms with Gasteiger partial charge in [-0.3, -0.25) is 4.79 Å². The third-order valence-electron chi connectivity index (χ3n) is 3.84. The molecule has 26 heavy (non-hydrogen) atoms. The first-order valence-corrected chi connectivity index (χ1v) is 11.7. The van der Waals surface area contributed by atoms with Gasteiger partial charge >= 0.3 is 0 Å². The number of nitrogens with zero attached hydrogens (tertiary/aromatic N) is 2. The fourth-order valence-electron chi connectivity index (χ4n) is 2.58. The third kappa shape index (κ3) is 3.92. The Bertz CT molecular complexity index is 1110. The maximum Gasteiger partial charge on any atom is 0.263 e. The van der Waals surface area contributed by atoms with Crippen molar-refractivity contribution in [3.05, 3.63) is 53.3 Å². The number of hydrogen-bond acceptors (Lipinski definition) is 5. The molecule has 136 valence electrons. The van der Waals surface area contributed by atoms with E-state index in [1.54, 1.807) is 30.0 Å². The van der Waals surface area contributed by atoms with Crippen molar-refractivity contribution in [1.29, 1.82) is 0 Å². The summed E-state index contributed by atoms with van der Waals surface area (Å²) in [5.74, 6) is -1.29. The van der Waals surface area contributed by atoms with Gasteiger partial charge in [-0.15, -0.1) is 11.8 Å². The summed E-state index contributed by atoms with van der Waals surface area (Å²) in [6.07, 6.45) is 2.01. The first kappa shape index (κ1) is 18.9. The molecule has 0 radical (unpaired) electrons. The van der Waals surface area contributed by atoms with Crippen LogP contribution in [0, 0.1) is 0 Å². The van der Waals surface area contributed by atoms with Gasteiger partial charge in [0.05, 0.1) is 15.1 Å². The summed E-state index contributed by atoms with van der Waals surface area (Å²) in [6.45, 7) is 2.62. The zero-order valence-corrected chi connectivity index (χ0v) is 16.8. The van der Waals surface area contributed by atoms with Gasteiger partial charge in [0, 0.05) is 11.4 Å². The van der Waals surface area contributed by atoms with Crippen LogP contribution in [0.3, 0.4) is 0 Å². The molecule has 2 aromatic carbocycles.